The molecular formula is C15H27NO3. The normalized spacial score (nSPS) is 17.6. The lowest BCUT2D eigenvalue weighted by atomic mass is 9.67. The van der Waals surface area contributed by atoms with Gasteiger partial charge in [-0.25, -0.2) is 0 Å². The number of amides is 1. The highest BCUT2D eigenvalue weighted by atomic mass is 16.4. The van der Waals surface area contributed by atoms with Crippen LogP contribution in [0.15, 0.2) is 0 Å². The minimum Gasteiger partial charge on any atom is -0.481 e. The highest BCUT2D eigenvalue weighted by molar-refractivity contribution is 5.84. The van der Waals surface area contributed by atoms with E-state index in [9.17, 15) is 14.7 Å². The first kappa shape index (κ1) is 16.0. The third-order valence-electron chi connectivity index (χ3n) is 5.13. The van der Waals surface area contributed by atoms with Crippen LogP contribution in [0.3, 0.4) is 0 Å². The largest absolute Gasteiger partial charge is 0.481 e. The molecule has 1 aliphatic rings. The lowest BCUT2D eigenvalue weighted by Gasteiger charge is -2.41. The predicted octanol–water partition coefficient (Wildman–Crippen LogP) is 2.96. The molecule has 1 saturated carbocycles. The summed E-state index contributed by atoms with van der Waals surface area (Å²) < 4.78 is 0. The van der Waals surface area contributed by atoms with Crippen molar-refractivity contribution in [1.82, 2.24) is 5.32 Å². The van der Waals surface area contributed by atoms with E-state index in [0.29, 0.717) is 19.4 Å². The van der Waals surface area contributed by atoms with Crippen molar-refractivity contribution in [3.05, 3.63) is 0 Å². The summed E-state index contributed by atoms with van der Waals surface area (Å²) in [6, 6.07) is 0. The molecular weight excluding hydrogens is 242 g/mol. The second-order valence-corrected chi connectivity index (χ2v) is 5.95. The molecule has 1 fully saturated rings. The first-order valence-electron chi connectivity index (χ1n) is 7.44. The van der Waals surface area contributed by atoms with Crippen LogP contribution in [0.5, 0.6) is 0 Å². The quantitative estimate of drug-likeness (QED) is 0.712. The maximum atomic E-state index is 12.0. The van der Waals surface area contributed by atoms with Crippen molar-refractivity contribution >= 4 is 11.9 Å². The van der Waals surface area contributed by atoms with Gasteiger partial charge >= 0.3 is 5.97 Å². The van der Waals surface area contributed by atoms with Gasteiger partial charge in [-0.05, 0) is 37.5 Å². The summed E-state index contributed by atoms with van der Waals surface area (Å²) in [7, 11) is 0. The van der Waals surface area contributed by atoms with Gasteiger partial charge in [0.05, 0.1) is 5.41 Å². The van der Waals surface area contributed by atoms with Crippen molar-refractivity contribution in [3.8, 4) is 0 Å². The summed E-state index contributed by atoms with van der Waals surface area (Å²) >= 11 is 0. The first-order chi connectivity index (χ1) is 8.93. The molecule has 0 heterocycles. The van der Waals surface area contributed by atoms with Crippen molar-refractivity contribution in [2.24, 2.45) is 10.8 Å². The van der Waals surface area contributed by atoms with E-state index in [1.165, 1.54) is 19.3 Å². The zero-order valence-electron chi connectivity index (χ0n) is 12.4. The summed E-state index contributed by atoms with van der Waals surface area (Å²) in [6.07, 6.45) is 5.75. The number of carboxylic acid groups (broad SMARTS) is 1. The molecule has 0 spiro atoms. The average Bonchev–Trinajstić information content (AvgIpc) is 2.35. The van der Waals surface area contributed by atoms with E-state index in [1.54, 1.807) is 0 Å². The van der Waals surface area contributed by atoms with Crippen LogP contribution in [0.25, 0.3) is 0 Å². The van der Waals surface area contributed by atoms with Gasteiger partial charge in [-0.3, -0.25) is 9.59 Å². The van der Waals surface area contributed by atoms with E-state index in [2.05, 4.69) is 12.2 Å². The molecule has 0 saturated heterocycles. The van der Waals surface area contributed by atoms with Crippen LogP contribution in [0.4, 0.5) is 0 Å². The third-order valence-corrected chi connectivity index (χ3v) is 5.13. The van der Waals surface area contributed by atoms with E-state index in [1.807, 2.05) is 13.8 Å². The van der Waals surface area contributed by atoms with E-state index in [0.717, 1.165) is 6.42 Å². The molecule has 0 atom stereocenters. The molecule has 0 bridgehead atoms. The number of nitrogens with one attached hydrogen (secondary N) is 1. The SMILES string of the molecule is CCC1(CNC(=O)CC(CC)(CC)C(=O)O)CCC1. The monoisotopic (exact) mass is 269 g/mol. The Balaban J connectivity index is 2.51. The molecule has 2 N–H and O–H groups in total. The minimum absolute atomic E-state index is 0.0924. The Morgan fingerprint density at radius 2 is 1.79 bits per heavy atom. The molecule has 4 heteroatoms. The van der Waals surface area contributed by atoms with Crippen molar-refractivity contribution in [3.63, 3.8) is 0 Å². The van der Waals surface area contributed by atoms with Crippen LogP contribution in [-0.4, -0.2) is 23.5 Å². The molecule has 0 aliphatic heterocycles. The van der Waals surface area contributed by atoms with Gasteiger partial charge in [0.15, 0.2) is 0 Å². The summed E-state index contributed by atoms with van der Waals surface area (Å²) in [4.78, 5) is 23.4. The van der Waals surface area contributed by atoms with Gasteiger partial charge in [0.1, 0.15) is 0 Å². The van der Waals surface area contributed by atoms with Gasteiger partial charge in [0.2, 0.25) is 5.91 Å². The topological polar surface area (TPSA) is 66.4 Å². The second kappa shape index (κ2) is 6.40. The number of hydrogen-bond donors (Lipinski definition) is 2. The highest BCUT2D eigenvalue weighted by Crippen LogP contribution is 2.43. The molecule has 1 amide bonds. The molecule has 1 rings (SSSR count). The smallest absolute Gasteiger partial charge is 0.310 e. The molecule has 1 aliphatic carbocycles. The predicted molar refractivity (Wildman–Crippen MR) is 74.9 cm³/mol. The van der Waals surface area contributed by atoms with Crippen LogP contribution in [0.2, 0.25) is 0 Å². The van der Waals surface area contributed by atoms with Crippen LogP contribution >= 0.6 is 0 Å². The van der Waals surface area contributed by atoms with Crippen LogP contribution in [0, 0.1) is 10.8 Å². The first-order valence-corrected chi connectivity index (χ1v) is 7.44. The molecule has 0 aromatic rings. The number of carboxylic acids is 1. The lowest BCUT2D eigenvalue weighted by Crippen LogP contribution is -2.44. The number of carbonyl (C=O) groups excluding carboxylic acids is 1. The second-order valence-electron chi connectivity index (χ2n) is 5.95. The van der Waals surface area contributed by atoms with E-state index < -0.39 is 11.4 Å². The van der Waals surface area contributed by atoms with Crippen molar-refractivity contribution in [2.75, 3.05) is 6.54 Å². The molecule has 110 valence electrons. The average molecular weight is 269 g/mol. The molecule has 0 aromatic heterocycles. The van der Waals surface area contributed by atoms with E-state index in [4.69, 9.17) is 0 Å². The number of carbonyl (C=O) groups is 2. The molecule has 19 heavy (non-hydrogen) atoms. The standard InChI is InChI=1S/C15H27NO3/c1-4-14(8-7-9-14)11-16-12(17)10-15(5-2,6-3)13(18)19/h4-11H2,1-3H3,(H,16,17)(H,18,19). The van der Waals surface area contributed by atoms with Crippen LogP contribution in [0.1, 0.15) is 65.7 Å². The van der Waals surface area contributed by atoms with Crippen molar-refractivity contribution in [2.45, 2.75) is 65.7 Å². The number of rotatable bonds is 8. The Morgan fingerprint density at radius 3 is 2.11 bits per heavy atom. The van der Waals surface area contributed by atoms with Crippen LogP contribution in [-0.2, 0) is 9.59 Å². The fraction of sp³-hybridized carbons (Fsp3) is 0.867. The van der Waals surface area contributed by atoms with E-state index in [-0.39, 0.29) is 17.7 Å². The maximum Gasteiger partial charge on any atom is 0.310 e. The Bertz CT molecular complexity index is 325. The number of aliphatic carboxylic acids is 1. The summed E-state index contributed by atoms with van der Waals surface area (Å²) in [5, 5.41) is 12.3. The third kappa shape index (κ3) is 3.48. The summed E-state index contributed by atoms with van der Waals surface area (Å²) in [5.41, 5.74) is -0.622. The van der Waals surface area contributed by atoms with Gasteiger partial charge < -0.3 is 10.4 Å². The Morgan fingerprint density at radius 1 is 1.21 bits per heavy atom. The number of hydrogen-bond acceptors (Lipinski definition) is 2. The zero-order chi connectivity index (χ0) is 14.5. The molecule has 0 unspecified atom stereocenters. The van der Waals surface area contributed by atoms with Gasteiger partial charge in [0.25, 0.3) is 0 Å². The summed E-state index contributed by atoms with van der Waals surface area (Å²) in [6.45, 7) is 6.53. The van der Waals surface area contributed by atoms with Gasteiger partial charge in [-0.2, -0.15) is 0 Å². The van der Waals surface area contributed by atoms with Crippen molar-refractivity contribution < 1.29 is 14.7 Å². The summed E-state index contributed by atoms with van der Waals surface area (Å²) in [5.74, 6) is -0.979. The molecule has 0 radical (unpaired) electrons. The highest BCUT2D eigenvalue weighted by Gasteiger charge is 2.39. The fourth-order valence-corrected chi connectivity index (χ4v) is 2.87. The Hall–Kier alpha value is -1.06. The molecule has 0 aromatic carbocycles. The minimum atomic E-state index is -0.900. The van der Waals surface area contributed by atoms with Gasteiger partial charge in [0, 0.05) is 13.0 Å². The van der Waals surface area contributed by atoms with Gasteiger partial charge in [-0.1, -0.05) is 27.2 Å². The zero-order valence-corrected chi connectivity index (χ0v) is 12.4. The van der Waals surface area contributed by atoms with Crippen LogP contribution < -0.4 is 5.32 Å². The lowest BCUT2D eigenvalue weighted by molar-refractivity contribution is -0.152. The molecule has 4 nitrogen and oxygen atoms in total. The van der Waals surface area contributed by atoms with Crippen molar-refractivity contribution in [1.29, 1.82) is 0 Å². The Kier molecular flexibility index (Phi) is 5.39. The fourth-order valence-electron chi connectivity index (χ4n) is 2.87. The maximum absolute atomic E-state index is 12.0. The Labute approximate surface area is 116 Å². The van der Waals surface area contributed by atoms with Gasteiger partial charge in [-0.15, -0.1) is 0 Å². The van der Waals surface area contributed by atoms with E-state index >= 15 is 0 Å².